The minimum Gasteiger partial charge on any atom is -0.550 e. The van der Waals surface area contributed by atoms with Crippen LogP contribution in [0.4, 0.5) is 0 Å². The molecule has 0 fully saturated rings. The van der Waals surface area contributed by atoms with Crippen LogP contribution < -0.4 is 10.2 Å². The molecule has 10 N–H and O–H groups in total. The molecule has 11 heteroatoms. The summed E-state index contributed by atoms with van der Waals surface area (Å²) in [5.74, 6) is -2.17. The van der Waals surface area contributed by atoms with Crippen molar-refractivity contribution in [3.8, 4) is 0 Å². The maximum absolute atomic E-state index is 8.89. The van der Waals surface area contributed by atoms with E-state index in [-0.39, 0.29) is 52.2 Å². The molecule has 0 aliphatic heterocycles. The fourth-order valence-electron chi connectivity index (χ4n) is 0. The van der Waals surface area contributed by atoms with E-state index in [2.05, 4.69) is 0 Å². The molecule has 0 rings (SSSR count). The van der Waals surface area contributed by atoms with Gasteiger partial charge in [0, 0.05) is 11.9 Å². The largest absolute Gasteiger partial charge is 2.00 e. The standard InChI is InChI=1S/2C2H4O2.C2H6O2.Mn.4H2O/c2*1-2(3)4;3-1-2-4;;;;;/h2*1H3,(H,3,4);3-4H,1-2H2;;4*1H2/q;;;+2;;;;/p-2. The Hall–Kier alpha value is -0.781. The van der Waals surface area contributed by atoms with Crippen molar-refractivity contribution in [2.24, 2.45) is 0 Å². The van der Waals surface area contributed by atoms with Crippen LogP contribution in [0.15, 0.2) is 0 Å². The van der Waals surface area contributed by atoms with Gasteiger partial charge >= 0.3 is 17.1 Å². The summed E-state index contributed by atoms with van der Waals surface area (Å²) in [5.41, 5.74) is 0. The quantitative estimate of drug-likeness (QED) is 0.445. The van der Waals surface area contributed by atoms with Gasteiger partial charge in [0.05, 0.1) is 13.2 Å². The average Bonchev–Trinajstić information content (AvgIpc) is 1.85. The van der Waals surface area contributed by atoms with Crippen molar-refractivity contribution in [3.63, 3.8) is 0 Å². The van der Waals surface area contributed by atoms with Gasteiger partial charge in [0.25, 0.3) is 0 Å². The van der Waals surface area contributed by atoms with Crippen molar-refractivity contribution >= 4 is 11.9 Å². The van der Waals surface area contributed by atoms with Crippen LogP contribution in [0.5, 0.6) is 0 Å². The van der Waals surface area contributed by atoms with Crippen molar-refractivity contribution in [1.29, 1.82) is 0 Å². The number of carbonyl (C=O) groups is 2. The summed E-state index contributed by atoms with van der Waals surface area (Å²) in [6.07, 6.45) is 0. The van der Waals surface area contributed by atoms with Crippen molar-refractivity contribution in [2.45, 2.75) is 13.8 Å². The summed E-state index contributed by atoms with van der Waals surface area (Å²) in [7, 11) is 0. The van der Waals surface area contributed by atoms with E-state index in [0.717, 1.165) is 13.8 Å². The van der Waals surface area contributed by atoms with Crippen molar-refractivity contribution in [1.82, 2.24) is 0 Å². The molecule has 111 valence electrons. The van der Waals surface area contributed by atoms with Crippen LogP contribution in [0.3, 0.4) is 0 Å². The van der Waals surface area contributed by atoms with Gasteiger partial charge < -0.3 is 51.9 Å². The number of carboxylic acid groups (broad SMARTS) is 2. The minimum absolute atomic E-state index is 0. The number of rotatable bonds is 1. The molecule has 0 aromatic rings. The SMILES string of the molecule is CC(=O)[O-].CC(=O)[O-].O.O.O.O.OCCO.[Mn+2]. The molecule has 0 aliphatic carbocycles. The molecule has 0 saturated heterocycles. The Labute approximate surface area is 109 Å². The fraction of sp³-hybridized carbons (Fsp3) is 0.667. The zero-order chi connectivity index (χ0) is 10.6. The van der Waals surface area contributed by atoms with Gasteiger partial charge in [-0.2, -0.15) is 0 Å². The van der Waals surface area contributed by atoms with Crippen molar-refractivity contribution in [3.05, 3.63) is 0 Å². The predicted octanol–water partition coefficient (Wildman–Crippen LogP) is -6.82. The van der Waals surface area contributed by atoms with Crippen LogP contribution in [0.25, 0.3) is 0 Å². The van der Waals surface area contributed by atoms with Gasteiger partial charge in [0.1, 0.15) is 0 Å². The maximum atomic E-state index is 8.89. The molecule has 0 atom stereocenters. The summed E-state index contributed by atoms with van der Waals surface area (Å²) in [4.78, 5) is 17.8. The van der Waals surface area contributed by atoms with Gasteiger partial charge in [0.15, 0.2) is 0 Å². The number of hydrogen-bond acceptors (Lipinski definition) is 6. The number of hydrogen-bond donors (Lipinski definition) is 2. The first kappa shape index (κ1) is 55.6. The molecule has 17 heavy (non-hydrogen) atoms. The summed E-state index contributed by atoms with van der Waals surface area (Å²) in [6, 6.07) is 0. The summed E-state index contributed by atoms with van der Waals surface area (Å²) >= 11 is 0. The average molecular weight is 307 g/mol. The number of aliphatic hydroxyl groups is 2. The van der Waals surface area contributed by atoms with Crippen LogP contribution in [-0.4, -0.2) is 57.3 Å². The van der Waals surface area contributed by atoms with E-state index in [9.17, 15) is 0 Å². The zero-order valence-electron chi connectivity index (χ0n) is 9.32. The molecule has 1 radical (unpaired) electrons. The van der Waals surface area contributed by atoms with Gasteiger partial charge in [0.2, 0.25) is 0 Å². The first-order valence-corrected chi connectivity index (χ1v) is 2.95. The van der Waals surface area contributed by atoms with E-state index >= 15 is 0 Å². The smallest absolute Gasteiger partial charge is 0.550 e. The number of carboxylic acids is 2. The minimum atomic E-state index is -1.08. The maximum Gasteiger partial charge on any atom is 2.00 e. The predicted molar refractivity (Wildman–Crippen MR) is 50.0 cm³/mol. The molecule has 0 spiro atoms. The molecular weight excluding hydrogens is 287 g/mol. The van der Waals surface area contributed by atoms with Crippen molar-refractivity contribution < 1.29 is 69.0 Å². The van der Waals surface area contributed by atoms with E-state index in [0.29, 0.717) is 0 Å². The molecule has 0 aromatic carbocycles. The van der Waals surface area contributed by atoms with E-state index < -0.39 is 11.9 Å². The Kier molecular flexibility index (Phi) is 193. The summed E-state index contributed by atoms with van der Waals surface area (Å²) < 4.78 is 0. The molecule has 0 aromatic heterocycles. The molecule has 0 unspecified atom stereocenters. The van der Waals surface area contributed by atoms with Crippen LogP contribution in [0.2, 0.25) is 0 Å². The first-order valence-electron chi connectivity index (χ1n) is 2.95. The van der Waals surface area contributed by atoms with Crippen LogP contribution in [-0.2, 0) is 26.7 Å². The second-order valence-electron chi connectivity index (χ2n) is 1.43. The van der Waals surface area contributed by atoms with Gasteiger partial charge in [-0.1, -0.05) is 0 Å². The third kappa shape index (κ3) is 55200. The Morgan fingerprint density at radius 1 is 0.824 bits per heavy atom. The van der Waals surface area contributed by atoms with Crippen LogP contribution >= 0.6 is 0 Å². The Morgan fingerprint density at radius 3 is 0.882 bits per heavy atom. The van der Waals surface area contributed by atoms with Crippen LogP contribution in [0, 0.1) is 0 Å². The zero-order valence-corrected chi connectivity index (χ0v) is 10.5. The van der Waals surface area contributed by atoms with E-state index in [1.165, 1.54) is 0 Å². The molecule has 0 aliphatic rings. The second-order valence-corrected chi connectivity index (χ2v) is 1.43. The summed E-state index contributed by atoms with van der Waals surface area (Å²) in [6.45, 7) is 1.69. The van der Waals surface area contributed by atoms with Crippen LogP contribution in [0.1, 0.15) is 13.8 Å². The second kappa shape index (κ2) is 59.0. The molecule has 0 amide bonds. The fourth-order valence-corrected chi connectivity index (χ4v) is 0. The third-order valence-electron chi connectivity index (χ3n) is 0.1000. The van der Waals surface area contributed by atoms with Gasteiger partial charge in [-0.3, -0.25) is 0 Å². The molecule has 0 heterocycles. The van der Waals surface area contributed by atoms with Gasteiger partial charge in [-0.15, -0.1) is 0 Å². The number of aliphatic hydroxyl groups excluding tert-OH is 2. The topological polar surface area (TPSA) is 247 Å². The third-order valence-corrected chi connectivity index (χ3v) is 0.1000. The van der Waals surface area contributed by atoms with Crippen molar-refractivity contribution in [2.75, 3.05) is 13.2 Å². The molecule has 10 nitrogen and oxygen atoms in total. The normalized spacial score (nSPS) is 4.71. The van der Waals surface area contributed by atoms with Gasteiger partial charge in [-0.05, 0) is 13.8 Å². The Balaban J connectivity index is -0.0000000104. The number of carbonyl (C=O) groups excluding carboxylic acids is 2. The molecular formula is C6H20MnO10. The van der Waals surface area contributed by atoms with Gasteiger partial charge in [-0.25, -0.2) is 0 Å². The molecule has 0 bridgehead atoms. The molecule has 0 saturated carbocycles. The van der Waals surface area contributed by atoms with E-state index in [1.54, 1.807) is 0 Å². The Bertz CT molecular complexity index is 97.4. The Morgan fingerprint density at radius 2 is 0.882 bits per heavy atom. The van der Waals surface area contributed by atoms with E-state index in [4.69, 9.17) is 30.0 Å². The first-order chi connectivity index (χ1) is 5.38. The van der Waals surface area contributed by atoms with E-state index in [1.807, 2.05) is 0 Å². The monoisotopic (exact) mass is 307 g/mol. The number of aliphatic carboxylic acids is 2. The summed E-state index contributed by atoms with van der Waals surface area (Å²) in [5, 5.41) is 33.0.